The highest BCUT2D eigenvalue weighted by atomic mass is 16.2. The highest BCUT2D eigenvalue weighted by Crippen LogP contribution is 2.35. The van der Waals surface area contributed by atoms with Crippen LogP contribution < -0.4 is 4.90 Å². The zero-order chi connectivity index (χ0) is 17.9. The number of hydrogen-bond acceptors (Lipinski definition) is 2. The molecule has 1 aliphatic rings. The van der Waals surface area contributed by atoms with Crippen LogP contribution in [0.4, 0.5) is 5.69 Å². The maximum absolute atomic E-state index is 12.6. The molecule has 24 heavy (non-hydrogen) atoms. The molecule has 132 valence electrons. The molecule has 0 aromatic heterocycles. The molecule has 1 aliphatic heterocycles. The minimum absolute atomic E-state index is 0.0518. The first-order valence-electron chi connectivity index (χ1n) is 9.01. The lowest BCUT2D eigenvalue weighted by Crippen LogP contribution is -2.42. The molecule has 1 aromatic rings. The van der Waals surface area contributed by atoms with Gasteiger partial charge in [0.25, 0.3) is 0 Å². The number of nitrogens with zero attached hydrogens (tertiary/aromatic N) is 2. The van der Waals surface area contributed by atoms with Gasteiger partial charge in [0.2, 0.25) is 11.8 Å². The fraction of sp³-hybridized carbons (Fsp3) is 0.600. The summed E-state index contributed by atoms with van der Waals surface area (Å²) in [6, 6.07) is 6.19. The molecule has 0 aliphatic carbocycles. The molecule has 0 radical (unpaired) electrons. The second-order valence-electron chi connectivity index (χ2n) is 7.29. The Morgan fingerprint density at radius 3 is 1.96 bits per heavy atom. The molecule has 4 nitrogen and oxygen atoms in total. The second kappa shape index (κ2) is 7.82. The van der Waals surface area contributed by atoms with Gasteiger partial charge in [0, 0.05) is 20.0 Å². The summed E-state index contributed by atoms with van der Waals surface area (Å²) < 4.78 is 0. The van der Waals surface area contributed by atoms with Gasteiger partial charge in [0.05, 0.1) is 5.69 Å². The third kappa shape index (κ3) is 3.97. The summed E-state index contributed by atoms with van der Waals surface area (Å²) in [6.07, 6.45) is 2.12. The molecule has 1 saturated heterocycles. The number of likely N-dealkylation sites (tertiary alicyclic amines) is 1. The number of rotatable bonds is 5. The van der Waals surface area contributed by atoms with Gasteiger partial charge in [-0.3, -0.25) is 9.59 Å². The summed E-state index contributed by atoms with van der Waals surface area (Å²) in [5.74, 6) is 0.568. The smallest absolute Gasteiger partial charge is 0.242 e. The zero-order valence-corrected chi connectivity index (χ0v) is 15.6. The Bertz CT molecular complexity index is 575. The van der Waals surface area contributed by atoms with Crippen LogP contribution in [0.15, 0.2) is 18.2 Å². The van der Waals surface area contributed by atoms with Gasteiger partial charge in [-0.15, -0.1) is 0 Å². The van der Waals surface area contributed by atoms with Crippen LogP contribution in [0.1, 0.15) is 70.4 Å². The van der Waals surface area contributed by atoms with Gasteiger partial charge >= 0.3 is 0 Å². The van der Waals surface area contributed by atoms with Crippen molar-refractivity contribution in [2.45, 2.75) is 59.3 Å². The Kier molecular flexibility index (Phi) is 6.03. The van der Waals surface area contributed by atoms with Gasteiger partial charge in [0.15, 0.2) is 0 Å². The zero-order valence-electron chi connectivity index (χ0n) is 15.6. The predicted octanol–water partition coefficient (Wildman–Crippen LogP) is 3.91. The molecule has 1 aromatic carbocycles. The largest absolute Gasteiger partial charge is 0.341 e. The number of carbonyl (C=O) groups is 2. The summed E-state index contributed by atoms with van der Waals surface area (Å²) in [6.45, 7) is 11.8. The Hall–Kier alpha value is -1.84. The summed E-state index contributed by atoms with van der Waals surface area (Å²) in [5, 5.41) is 0. The van der Waals surface area contributed by atoms with E-state index in [1.54, 1.807) is 11.8 Å². The Morgan fingerprint density at radius 2 is 1.54 bits per heavy atom. The van der Waals surface area contributed by atoms with Crippen LogP contribution in [-0.4, -0.2) is 36.3 Å². The molecule has 0 spiro atoms. The Labute approximate surface area is 145 Å². The van der Waals surface area contributed by atoms with Gasteiger partial charge in [-0.1, -0.05) is 45.9 Å². The first-order chi connectivity index (χ1) is 11.3. The average Bonchev–Trinajstić information content (AvgIpc) is 3.05. The van der Waals surface area contributed by atoms with Crippen molar-refractivity contribution in [2.24, 2.45) is 0 Å². The Balaban J connectivity index is 2.42. The first kappa shape index (κ1) is 18.5. The fourth-order valence-corrected chi connectivity index (χ4v) is 3.37. The van der Waals surface area contributed by atoms with Crippen LogP contribution in [0.25, 0.3) is 0 Å². The van der Waals surface area contributed by atoms with Gasteiger partial charge in [-0.25, -0.2) is 0 Å². The van der Waals surface area contributed by atoms with E-state index in [1.807, 2.05) is 4.90 Å². The van der Waals surface area contributed by atoms with Crippen LogP contribution in [0.3, 0.4) is 0 Å². The number of amides is 2. The number of anilines is 1. The monoisotopic (exact) mass is 330 g/mol. The summed E-state index contributed by atoms with van der Waals surface area (Å²) in [4.78, 5) is 28.6. The number of benzene rings is 1. The van der Waals surface area contributed by atoms with Gasteiger partial charge in [-0.2, -0.15) is 0 Å². The van der Waals surface area contributed by atoms with Crippen molar-refractivity contribution >= 4 is 17.5 Å². The topological polar surface area (TPSA) is 40.6 Å². The van der Waals surface area contributed by atoms with E-state index in [9.17, 15) is 9.59 Å². The maximum Gasteiger partial charge on any atom is 0.242 e. The highest BCUT2D eigenvalue weighted by molar-refractivity contribution is 5.99. The number of carbonyl (C=O) groups excluding carboxylic acids is 2. The van der Waals surface area contributed by atoms with E-state index < -0.39 is 0 Å². The van der Waals surface area contributed by atoms with Crippen molar-refractivity contribution in [3.8, 4) is 0 Å². The minimum atomic E-state index is -0.0717. The first-order valence-corrected chi connectivity index (χ1v) is 9.01. The van der Waals surface area contributed by atoms with E-state index in [-0.39, 0.29) is 18.4 Å². The van der Waals surface area contributed by atoms with E-state index in [0.29, 0.717) is 11.8 Å². The maximum atomic E-state index is 12.6. The Morgan fingerprint density at radius 1 is 1.04 bits per heavy atom. The van der Waals surface area contributed by atoms with Crippen LogP contribution in [-0.2, 0) is 9.59 Å². The highest BCUT2D eigenvalue weighted by Gasteiger charge is 2.27. The molecule has 0 saturated carbocycles. The van der Waals surface area contributed by atoms with Crippen molar-refractivity contribution in [1.29, 1.82) is 0 Å². The second-order valence-corrected chi connectivity index (χ2v) is 7.29. The van der Waals surface area contributed by atoms with Crippen molar-refractivity contribution in [3.63, 3.8) is 0 Å². The molecule has 0 unspecified atom stereocenters. The third-order valence-electron chi connectivity index (χ3n) is 4.74. The van der Waals surface area contributed by atoms with E-state index in [0.717, 1.165) is 42.7 Å². The minimum Gasteiger partial charge on any atom is -0.341 e. The van der Waals surface area contributed by atoms with Crippen LogP contribution in [0.2, 0.25) is 0 Å². The van der Waals surface area contributed by atoms with Crippen molar-refractivity contribution in [3.05, 3.63) is 29.3 Å². The molecule has 2 rings (SSSR count). The van der Waals surface area contributed by atoms with Gasteiger partial charge in [-0.05, 0) is 35.8 Å². The quantitative estimate of drug-likeness (QED) is 0.821. The van der Waals surface area contributed by atoms with Gasteiger partial charge in [0.1, 0.15) is 6.54 Å². The van der Waals surface area contributed by atoms with Crippen molar-refractivity contribution < 1.29 is 9.59 Å². The van der Waals surface area contributed by atoms with Crippen LogP contribution in [0.5, 0.6) is 0 Å². The van der Waals surface area contributed by atoms with Crippen LogP contribution >= 0.6 is 0 Å². The molecular formula is C20H30N2O2. The molecule has 4 heteroatoms. The molecule has 0 atom stereocenters. The normalized spacial score (nSPS) is 14.5. The molecule has 2 amide bonds. The average molecular weight is 330 g/mol. The predicted molar refractivity (Wildman–Crippen MR) is 98.5 cm³/mol. The summed E-state index contributed by atoms with van der Waals surface area (Å²) in [7, 11) is 0. The van der Waals surface area contributed by atoms with E-state index in [2.05, 4.69) is 45.9 Å². The number of hydrogen-bond donors (Lipinski definition) is 0. The standard InChI is InChI=1S/C20H30N2O2/c1-14(2)17-9-8-10-18(15(3)4)20(17)22(16(5)23)13-19(24)21-11-6-7-12-21/h8-10,14-15H,6-7,11-13H2,1-5H3. The van der Waals surface area contributed by atoms with Gasteiger partial charge < -0.3 is 9.80 Å². The lowest BCUT2D eigenvalue weighted by atomic mass is 9.91. The SMILES string of the molecule is CC(=O)N(CC(=O)N1CCCC1)c1c(C(C)C)cccc1C(C)C. The van der Waals surface area contributed by atoms with Crippen molar-refractivity contribution in [2.75, 3.05) is 24.5 Å². The van der Waals surface area contributed by atoms with Crippen LogP contribution in [0, 0.1) is 0 Å². The molecule has 1 fully saturated rings. The lowest BCUT2D eigenvalue weighted by molar-refractivity contribution is -0.130. The summed E-state index contributed by atoms with van der Waals surface area (Å²) >= 11 is 0. The molecular weight excluding hydrogens is 300 g/mol. The van der Waals surface area contributed by atoms with E-state index in [4.69, 9.17) is 0 Å². The lowest BCUT2D eigenvalue weighted by Gasteiger charge is -2.30. The molecule has 0 N–H and O–H groups in total. The van der Waals surface area contributed by atoms with Crippen molar-refractivity contribution in [1.82, 2.24) is 4.90 Å². The van der Waals surface area contributed by atoms with E-state index in [1.165, 1.54) is 0 Å². The fourth-order valence-electron chi connectivity index (χ4n) is 3.37. The third-order valence-corrected chi connectivity index (χ3v) is 4.74. The summed E-state index contributed by atoms with van der Waals surface area (Å²) in [5.41, 5.74) is 3.19. The molecule has 0 bridgehead atoms. The number of para-hydroxylation sites is 1. The van der Waals surface area contributed by atoms with E-state index >= 15 is 0 Å². The molecule has 1 heterocycles.